The second-order valence-electron chi connectivity index (χ2n) is 3.91. The molecule has 0 saturated carbocycles. The molecular formula is C12H16FN3O. The minimum absolute atomic E-state index is 0.287. The summed E-state index contributed by atoms with van der Waals surface area (Å²) in [6.07, 6.45) is 0. The molecule has 1 atom stereocenters. The van der Waals surface area contributed by atoms with Gasteiger partial charge in [-0.25, -0.2) is 9.37 Å². The van der Waals surface area contributed by atoms with Crippen LogP contribution in [0.25, 0.3) is 11.0 Å². The Morgan fingerprint density at radius 3 is 2.94 bits per heavy atom. The molecule has 0 fully saturated rings. The number of benzene rings is 1. The molecule has 2 aromatic rings. The predicted octanol–water partition coefficient (Wildman–Crippen LogP) is 1.84. The van der Waals surface area contributed by atoms with Crippen molar-refractivity contribution >= 4 is 11.0 Å². The third-order valence-corrected chi connectivity index (χ3v) is 2.73. The lowest BCUT2D eigenvalue weighted by atomic mass is 10.3. The summed E-state index contributed by atoms with van der Waals surface area (Å²) in [5, 5.41) is 0. The number of halogens is 1. The lowest BCUT2D eigenvalue weighted by Gasteiger charge is -2.12. The van der Waals surface area contributed by atoms with E-state index in [2.05, 4.69) is 4.98 Å². The third kappa shape index (κ3) is 2.16. The quantitative estimate of drug-likeness (QED) is 0.882. The van der Waals surface area contributed by atoms with Gasteiger partial charge in [0.15, 0.2) is 0 Å². The van der Waals surface area contributed by atoms with Crippen LogP contribution in [0.1, 0.15) is 18.8 Å². The van der Waals surface area contributed by atoms with Gasteiger partial charge in [-0.3, -0.25) is 0 Å². The van der Waals surface area contributed by atoms with Crippen LogP contribution in [0, 0.1) is 5.82 Å². The number of imidazole rings is 1. The summed E-state index contributed by atoms with van der Waals surface area (Å²) in [6.45, 7) is 3.15. The van der Waals surface area contributed by atoms with Gasteiger partial charge in [-0.1, -0.05) is 0 Å². The first kappa shape index (κ1) is 12.0. The van der Waals surface area contributed by atoms with Crippen molar-refractivity contribution in [3.8, 4) is 0 Å². The number of methoxy groups -OCH3 is 1. The Hall–Kier alpha value is -1.46. The number of ether oxygens (including phenoxy) is 1. The Balaban J connectivity index is 2.55. The Bertz CT molecular complexity index is 524. The first-order valence-corrected chi connectivity index (χ1v) is 5.57. The van der Waals surface area contributed by atoms with Gasteiger partial charge in [0.2, 0.25) is 0 Å². The Kier molecular flexibility index (Phi) is 3.40. The summed E-state index contributed by atoms with van der Waals surface area (Å²) in [5.74, 6) is 0.445. The number of aryl methyl sites for hydroxylation is 1. The molecule has 5 heteroatoms. The summed E-state index contributed by atoms with van der Waals surface area (Å²) >= 11 is 0. The molecular weight excluding hydrogens is 221 g/mol. The van der Waals surface area contributed by atoms with E-state index in [1.165, 1.54) is 12.1 Å². The molecule has 4 nitrogen and oxygen atoms in total. The zero-order valence-corrected chi connectivity index (χ0v) is 9.98. The number of nitrogens with zero attached hydrogens (tertiary/aromatic N) is 2. The number of rotatable bonds is 4. The van der Waals surface area contributed by atoms with Gasteiger partial charge in [0.05, 0.1) is 23.7 Å². The van der Waals surface area contributed by atoms with Crippen LogP contribution in [0.2, 0.25) is 0 Å². The fourth-order valence-electron chi connectivity index (χ4n) is 1.99. The van der Waals surface area contributed by atoms with Crippen molar-refractivity contribution in [3.63, 3.8) is 0 Å². The standard InChI is InChI=1S/C12H16FN3O/c1-3-16-11-5-4-8(13)6-10(11)15-12(16)9(14)7-17-2/h4-6,9H,3,7,14H2,1-2H3. The van der Waals surface area contributed by atoms with E-state index in [9.17, 15) is 4.39 Å². The number of nitrogens with two attached hydrogens (primary N) is 1. The third-order valence-electron chi connectivity index (χ3n) is 2.73. The lowest BCUT2D eigenvalue weighted by molar-refractivity contribution is 0.177. The van der Waals surface area contributed by atoms with Crippen LogP contribution < -0.4 is 5.73 Å². The van der Waals surface area contributed by atoms with E-state index in [0.29, 0.717) is 12.1 Å². The lowest BCUT2D eigenvalue weighted by Crippen LogP contribution is -2.20. The first-order valence-electron chi connectivity index (χ1n) is 5.57. The van der Waals surface area contributed by atoms with E-state index in [-0.39, 0.29) is 11.9 Å². The summed E-state index contributed by atoms with van der Waals surface area (Å²) in [7, 11) is 1.60. The molecule has 0 aliphatic rings. The largest absolute Gasteiger partial charge is 0.383 e. The summed E-state index contributed by atoms with van der Waals surface area (Å²) in [4.78, 5) is 4.38. The van der Waals surface area contributed by atoms with E-state index in [1.54, 1.807) is 13.2 Å². The zero-order chi connectivity index (χ0) is 12.4. The van der Waals surface area contributed by atoms with Gasteiger partial charge in [-0.05, 0) is 19.1 Å². The van der Waals surface area contributed by atoms with Crippen LogP contribution in [0.4, 0.5) is 4.39 Å². The van der Waals surface area contributed by atoms with E-state index in [0.717, 1.165) is 17.9 Å². The highest BCUT2D eigenvalue weighted by molar-refractivity contribution is 5.76. The Labute approximate surface area is 99.2 Å². The van der Waals surface area contributed by atoms with Crippen molar-refractivity contribution in [2.75, 3.05) is 13.7 Å². The van der Waals surface area contributed by atoms with Crippen LogP contribution in [0.3, 0.4) is 0 Å². The molecule has 0 bridgehead atoms. The highest BCUT2D eigenvalue weighted by Gasteiger charge is 2.16. The van der Waals surface area contributed by atoms with Gasteiger partial charge >= 0.3 is 0 Å². The molecule has 0 amide bonds. The van der Waals surface area contributed by atoms with Gasteiger partial charge < -0.3 is 15.0 Å². The number of hydrogen-bond donors (Lipinski definition) is 1. The average molecular weight is 237 g/mol. The molecule has 2 N–H and O–H groups in total. The van der Waals surface area contributed by atoms with E-state index in [1.807, 2.05) is 11.5 Å². The van der Waals surface area contributed by atoms with Crippen molar-refractivity contribution in [2.24, 2.45) is 5.73 Å². The molecule has 0 aliphatic carbocycles. The SMILES string of the molecule is CCn1c(C(N)COC)nc2cc(F)ccc21. The molecule has 1 heterocycles. The van der Waals surface area contributed by atoms with Crippen molar-refractivity contribution in [1.82, 2.24) is 9.55 Å². The summed E-state index contributed by atoms with van der Waals surface area (Å²) in [6, 6.07) is 4.28. The predicted molar refractivity (Wildman–Crippen MR) is 64.2 cm³/mol. The van der Waals surface area contributed by atoms with Gasteiger partial charge in [0, 0.05) is 19.7 Å². The van der Waals surface area contributed by atoms with Crippen LogP contribution in [-0.2, 0) is 11.3 Å². The Morgan fingerprint density at radius 1 is 1.53 bits per heavy atom. The molecule has 17 heavy (non-hydrogen) atoms. The maximum absolute atomic E-state index is 13.1. The number of fused-ring (bicyclic) bond motifs is 1. The normalized spacial score (nSPS) is 13.2. The summed E-state index contributed by atoms with van der Waals surface area (Å²) < 4.78 is 20.1. The monoisotopic (exact) mass is 237 g/mol. The van der Waals surface area contributed by atoms with Crippen molar-refractivity contribution in [3.05, 3.63) is 29.8 Å². The van der Waals surface area contributed by atoms with E-state index >= 15 is 0 Å². The second kappa shape index (κ2) is 4.81. The average Bonchev–Trinajstić information content (AvgIpc) is 2.66. The van der Waals surface area contributed by atoms with E-state index < -0.39 is 0 Å². The van der Waals surface area contributed by atoms with Crippen LogP contribution in [0.15, 0.2) is 18.2 Å². The minimum atomic E-state index is -0.296. The van der Waals surface area contributed by atoms with Gasteiger partial charge in [-0.15, -0.1) is 0 Å². The molecule has 0 aliphatic heterocycles. The van der Waals surface area contributed by atoms with Crippen molar-refractivity contribution in [1.29, 1.82) is 0 Å². The fourth-order valence-corrected chi connectivity index (χ4v) is 1.99. The fraction of sp³-hybridized carbons (Fsp3) is 0.417. The molecule has 1 aromatic carbocycles. The molecule has 1 aromatic heterocycles. The minimum Gasteiger partial charge on any atom is -0.383 e. The van der Waals surface area contributed by atoms with Gasteiger partial charge in [0.25, 0.3) is 0 Å². The number of aromatic nitrogens is 2. The van der Waals surface area contributed by atoms with Gasteiger partial charge in [0.1, 0.15) is 11.6 Å². The highest BCUT2D eigenvalue weighted by atomic mass is 19.1. The van der Waals surface area contributed by atoms with Crippen molar-refractivity contribution < 1.29 is 9.13 Å². The van der Waals surface area contributed by atoms with Crippen molar-refractivity contribution in [2.45, 2.75) is 19.5 Å². The van der Waals surface area contributed by atoms with Gasteiger partial charge in [-0.2, -0.15) is 0 Å². The highest BCUT2D eigenvalue weighted by Crippen LogP contribution is 2.20. The second-order valence-corrected chi connectivity index (χ2v) is 3.91. The van der Waals surface area contributed by atoms with Crippen LogP contribution >= 0.6 is 0 Å². The van der Waals surface area contributed by atoms with Crippen LogP contribution in [0.5, 0.6) is 0 Å². The molecule has 1 unspecified atom stereocenters. The summed E-state index contributed by atoms with van der Waals surface area (Å²) in [5.41, 5.74) is 7.51. The first-order chi connectivity index (χ1) is 8.17. The topological polar surface area (TPSA) is 53.1 Å². The molecule has 0 radical (unpaired) electrons. The van der Waals surface area contributed by atoms with Crippen LogP contribution in [-0.4, -0.2) is 23.3 Å². The van der Waals surface area contributed by atoms with E-state index in [4.69, 9.17) is 10.5 Å². The Morgan fingerprint density at radius 2 is 2.29 bits per heavy atom. The smallest absolute Gasteiger partial charge is 0.129 e. The molecule has 0 saturated heterocycles. The molecule has 0 spiro atoms. The zero-order valence-electron chi connectivity index (χ0n) is 9.98. The number of hydrogen-bond acceptors (Lipinski definition) is 3. The molecule has 2 rings (SSSR count). The maximum atomic E-state index is 13.1. The maximum Gasteiger partial charge on any atom is 0.129 e. The molecule has 92 valence electrons.